The van der Waals surface area contributed by atoms with E-state index >= 15 is 0 Å². The number of amides is 1. The Morgan fingerprint density at radius 3 is 2.72 bits per heavy atom. The van der Waals surface area contributed by atoms with Crippen LogP contribution in [0.15, 0.2) is 18.2 Å². The van der Waals surface area contributed by atoms with Gasteiger partial charge in [-0.2, -0.15) is 0 Å². The number of likely N-dealkylation sites (N-methyl/N-ethyl adjacent to an activating group) is 1. The molecule has 98 valence electrons. The predicted molar refractivity (Wildman–Crippen MR) is 67.8 cm³/mol. The first-order chi connectivity index (χ1) is 8.49. The molecule has 18 heavy (non-hydrogen) atoms. The summed E-state index contributed by atoms with van der Waals surface area (Å²) < 4.78 is 0. The molecule has 1 aliphatic heterocycles. The maximum Gasteiger partial charge on any atom is 0.258 e. The maximum absolute atomic E-state index is 12.3. The van der Waals surface area contributed by atoms with E-state index in [1.54, 1.807) is 4.90 Å². The van der Waals surface area contributed by atoms with E-state index in [1.165, 1.54) is 18.2 Å². The molecule has 0 aliphatic carbocycles. The van der Waals surface area contributed by atoms with Crippen LogP contribution in [-0.4, -0.2) is 58.6 Å². The normalized spacial score (nSPS) is 21.0. The summed E-state index contributed by atoms with van der Waals surface area (Å²) in [7, 11) is 2.02. The maximum atomic E-state index is 12.3. The number of piperazine rings is 1. The lowest BCUT2D eigenvalue weighted by Gasteiger charge is -2.38. The Morgan fingerprint density at radius 2 is 2.06 bits per heavy atom. The Bertz CT molecular complexity index is 462. The van der Waals surface area contributed by atoms with E-state index < -0.39 is 0 Å². The molecular weight excluding hydrogens is 232 g/mol. The zero-order valence-corrected chi connectivity index (χ0v) is 10.6. The second-order valence-electron chi connectivity index (χ2n) is 4.81. The summed E-state index contributed by atoms with van der Waals surface area (Å²) in [6.07, 6.45) is 0. The van der Waals surface area contributed by atoms with Crippen LogP contribution < -0.4 is 0 Å². The van der Waals surface area contributed by atoms with Gasteiger partial charge in [0, 0.05) is 25.7 Å². The molecule has 0 aromatic heterocycles. The highest BCUT2D eigenvalue weighted by Crippen LogP contribution is 2.24. The molecule has 2 N–H and O–H groups in total. The highest BCUT2D eigenvalue weighted by Gasteiger charge is 2.28. The molecule has 1 unspecified atom stereocenters. The van der Waals surface area contributed by atoms with Gasteiger partial charge in [-0.3, -0.25) is 4.79 Å². The van der Waals surface area contributed by atoms with Crippen LogP contribution in [0.2, 0.25) is 0 Å². The number of phenolic OH excluding ortho intramolecular Hbond substituents is 2. The summed E-state index contributed by atoms with van der Waals surface area (Å²) in [6.45, 7) is 4.24. The lowest BCUT2D eigenvalue weighted by molar-refractivity contribution is 0.0530. The third-order valence-corrected chi connectivity index (χ3v) is 3.30. The van der Waals surface area contributed by atoms with Crippen molar-refractivity contribution < 1.29 is 15.0 Å². The van der Waals surface area contributed by atoms with Gasteiger partial charge < -0.3 is 20.0 Å². The van der Waals surface area contributed by atoms with Crippen LogP contribution in [0, 0.1) is 0 Å². The summed E-state index contributed by atoms with van der Waals surface area (Å²) >= 11 is 0. The molecule has 0 spiro atoms. The van der Waals surface area contributed by atoms with Crippen LogP contribution in [0.4, 0.5) is 0 Å². The molecule has 1 aromatic rings. The van der Waals surface area contributed by atoms with Crippen LogP contribution in [-0.2, 0) is 0 Å². The van der Waals surface area contributed by atoms with Crippen LogP contribution >= 0.6 is 0 Å². The van der Waals surface area contributed by atoms with Gasteiger partial charge in [-0.25, -0.2) is 0 Å². The standard InChI is InChI=1S/C13H18N2O3/c1-9-8-14(2)5-6-15(9)13(18)11-7-10(16)3-4-12(11)17/h3-4,7,9,16-17H,5-6,8H2,1-2H3. The third kappa shape index (κ3) is 2.41. The Labute approximate surface area is 106 Å². The SMILES string of the molecule is CC1CN(C)CCN1C(=O)c1cc(O)ccc1O. The van der Waals surface area contributed by atoms with E-state index in [1.807, 2.05) is 14.0 Å². The first kappa shape index (κ1) is 12.7. The molecule has 1 aliphatic rings. The molecule has 5 nitrogen and oxygen atoms in total. The number of phenols is 2. The quantitative estimate of drug-likeness (QED) is 0.726. The van der Waals surface area contributed by atoms with Crippen molar-refractivity contribution in [1.82, 2.24) is 9.80 Å². The first-order valence-corrected chi connectivity index (χ1v) is 6.00. The van der Waals surface area contributed by atoms with Gasteiger partial charge in [0.2, 0.25) is 0 Å². The number of rotatable bonds is 1. The Balaban J connectivity index is 2.23. The summed E-state index contributed by atoms with van der Waals surface area (Å²) in [5, 5.41) is 19.1. The minimum atomic E-state index is -0.232. The molecule has 1 heterocycles. The van der Waals surface area contributed by atoms with Crippen molar-refractivity contribution in [3.8, 4) is 11.5 Å². The van der Waals surface area contributed by atoms with E-state index in [9.17, 15) is 15.0 Å². The smallest absolute Gasteiger partial charge is 0.258 e. The van der Waals surface area contributed by atoms with Crippen LogP contribution in [0.3, 0.4) is 0 Å². The van der Waals surface area contributed by atoms with Crippen molar-refractivity contribution in [1.29, 1.82) is 0 Å². The van der Waals surface area contributed by atoms with E-state index in [0.29, 0.717) is 6.54 Å². The number of benzene rings is 1. The zero-order valence-electron chi connectivity index (χ0n) is 10.6. The number of aromatic hydroxyl groups is 2. The second kappa shape index (κ2) is 4.86. The van der Waals surface area contributed by atoms with Crippen molar-refractivity contribution >= 4 is 5.91 Å². The van der Waals surface area contributed by atoms with Gasteiger partial charge in [0.25, 0.3) is 5.91 Å². The largest absolute Gasteiger partial charge is 0.508 e. The molecule has 5 heteroatoms. The molecule has 0 radical (unpaired) electrons. The van der Waals surface area contributed by atoms with Gasteiger partial charge >= 0.3 is 0 Å². The molecule has 0 bridgehead atoms. The molecule has 1 fully saturated rings. The van der Waals surface area contributed by atoms with Crippen molar-refractivity contribution in [3.63, 3.8) is 0 Å². The highest BCUT2D eigenvalue weighted by molar-refractivity contribution is 5.97. The monoisotopic (exact) mass is 250 g/mol. The third-order valence-electron chi connectivity index (χ3n) is 3.30. The van der Waals surface area contributed by atoms with Crippen molar-refractivity contribution in [2.45, 2.75) is 13.0 Å². The second-order valence-corrected chi connectivity index (χ2v) is 4.81. The summed E-state index contributed by atoms with van der Waals surface area (Å²) in [6, 6.07) is 4.10. The van der Waals surface area contributed by atoms with Gasteiger partial charge in [-0.05, 0) is 32.2 Å². The van der Waals surface area contributed by atoms with Crippen LogP contribution in [0.25, 0.3) is 0 Å². The fourth-order valence-corrected chi connectivity index (χ4v) is 2.29. The molecule has 1 saturated heterocycles. The zero-order chi connectivity index (χ0) is 13.3. The van der Waals surface area contributed by atoms with Crippen LogP contribution in [0.1, 0.15) is 17.3 Å². The van der Waals surface area contributed by atoms with Crippen molar-refractivity contribution in [2.24, 2.45) is 0 Å². The lowest BCUT2D eigenvalue weighted by Crippen LogP contribution is -2.52. The average Bonchev–Trinajstić information content (AvgIpc) is 2.31. The number of hydrogen-bond acceptors (Lipinski definition) is 4. The van der Waals surface area contributed by atoms with E-state index in [-0.39, 0.29) is 29.0 Å². The number of nitrogens with zero attached hydrogens (tertiary/aromatic N) is 2. The highest BCUT2D eigenvalue weighted by atomic mass is 16.3. The van der Waals surface area contributed by atoms with Crippen LogP contribution in [0.5, 0.6) is 11.5 Å². The Morgan fingerprint density at radius 1 is 1.33 bits per heavy atom. The Kier molecular flexibility index (Phi) is 3.43. The van der Waals surface area contributed by atoms with Crippen molar-refractivity contribution in [3.05, 3.63) is 23.8 Å². The molecule has 1 atom stereocenters. The molecule has 0 saturated carbocycles. The van der Waals surface area contributed by atoms with E-state index in [4.69, 9.17) is 0 Å². The summed E-state index contributed by atoms with van der Waals surface area (Å²) in [4.78, 5) is 16.2. The summed E-state index contributed by atoms with van der Waals surface area (Å²) in [5.41, 5.74) is 0.159. The lowest BCUT2D eigenvalue weighted by atomic mass is 10.1. The molecule has 1 aromatic carbocycles. The van der Waals surface area contributed by atoms with Gasteiger partial charge in [0.15, 0.2) is 0 Å². The number of carbonyl (C=O) groups excluding carboxylic acids is 1. The average molecular weight is 250 g/mol. The van der Waals surface area contributed by atoms with E-state index in [2.05, 4.69) is 4.90 Å². The van der Waals surface area contributed by atoms with E-state index in [0.717, 1.165) is 13.1 Å². The topological polar surface area (TPSA) is 64.0 Å². The van der Waals surface area contributed by atoms with Gasteiger partial charge in [-0.15, -0.1) is 0 Å². The van der Waals surface area contributed by atoms with Gasteiger partial charge in [0.1, 0.15) is 11.5 Å². The predicted octanol–water partition coefficient (Wildman–Crippen LogP) is 0.874. The number of hydrogen-bond donors (Lipinski definition) is 2. The van der Waals surface area contributed by atoms with Gasteiger partial charge in [-0.1, -0.05) is 0 Å². The fourth-order valence-electron chi connectivity index (χ4n) is 2.29. The summed E-state index contributed by atoms with van der Waals surface area (Å²) in [5.74, 6) is -0.342. The molecule has 1 amide bonds. The number of carbonyl (C=O) groups is 1. The Hall–Kier alpha value is -1.75. The minimum absolute atomic E-state index is 0.0158. The first-order valence-electron chi connectivity index (χ1n) is 6.00. The van der Waals surface area contributed by atoms with Crippen molar-refractivity contribution in [2.75, 3.05) is 26.7 Å². The molecular formula is C13H18N2O3. The fraction of sp³-hybridized carbons (Fsp3) is 0.462. The van der Waals surface area contributed by atoms with Gasteiger partial charge in [0.05, 0.1) is 5.56 Å². The molecule has 2 rings (SSSR count). The minimum Gasteiger partial charge on any atom is -0.508 e.